The van der Waals surface area contributed by atoms with Gasteiger partial charge >= 0.3 is 0 Å². The average molecular weight is 557 g/mol. The summed E-state index contributed by atoms with van der Waals surface area (Å²) in [5.41, 5.74) is 0. The van der Waals surface area contributed by atoms with Gasteiger partial charge in [0.1, 0.15) is 0 Å². The summed E-state index contributed by atoms with van der Waals surface area (Å²) in [6.45, 7) is 0. The minimum absolute atomic E-state index is 0. The van der Waals surface area contributed by atoms with Gasteiger partial charge in [-0.2, -0.15) is 6.07 Å². The van der Waals surface area contributed by atoms with Gasteiger partial charge in [0, 0.05) is 16.8 Å². The quantitative estimate of drug-likeness (QED) is 0.166. The molecule has 1 radical (unpaired) electrons. The molecule has 0 aliphatic rings. The fraction of sp³-hybridized carbons (Fsp3) is 0. The van der Waals surface area contributed by atoms with Crippen LogP contribution in [0, 0.1) is 0 Å². The summed E-state index contributed by atoms with van der Waals surface area (Å²) in [5, 5.41) is 8.51. The SMILES string of the molecule is [Co].[cH-]1[cH-][cH-][cH-][cH-]1.c1ccc(P(c2ccccc2)c2ccc[c-]2P(c2ccccc2)c2ccccc2)cc1. The Morgan fingerprint density at radius 1 is 0.405 bits per heavy atom. The molecule has 0 aliphatic heterocycles. The van der Waals surface area contributed by atoms with Crippen LogP contribution in [0.1, 0.15) is 0 Å². The monoisotopic (exact) mass is 557 g/mol. The van der Waals surface area contributed by atoms with Gasteiger partial charge in [-0.3, -0.25) is 0 Å². The molecule has 0 atom stereocenters. The third-order valence-corrected chi connectivity index (χ3v) is 11.0. The van der Waals surface area contributed by atoms with Crippen LogP contribution < -0.4 is 31.8 Å². The van der Waals surface area contributed by atoms with Crippen molar-refractivity contribution in [2.45, 2.75) is 0 Å². The summed E-state index contributed by atoms with van der Waals surface area (Å²) in [6.07, 6.45) is 0. The van der Waals surface area contributed by atoms with E-state index in [0.717, 1.165) is 0 Å². The molecule has 0 heterocycles. The first-order chi connectivity index (χ1) is 17.9. The van der Waals surface area contributed by atoms with Crippen molar-refractivity contribution in [2.75, 3.05) is 0 Å². The molecule has 0 aliphatic carbocycles. The van der Waals surface area contributed by atoms with Crippen molar-refractivity contribution in [2.24, 2.45) is 0 Å². The molecule has 0 N–H and O–H groups in total. The van der Waals surface area contributed by atoms with Crippen LogP contribution in [-0.4, -0.2) is 0 Å². The van der Waals surface area contributed by atoms with Crippen molar-refractivity contribution in [3.63, 3.8) is 0 Å². The van der Waals surface area contributed by atoms with E-state index in [1.807, 2.05) is 30.3 Å². The van der Waals surface area contributed by atoms with E-state index in [9.17, 15) is 0 Å². The second-order valence-electron chi connectivity index (χ2n) is 8.27. The molecule has 3 heteroatoms. The van der Waals surface area contributed by atoms with E-state index in [1.165, 1.54) is 31.8 Å². The van der Waals surface area contributed by atoms with Crippen LogP contribution in [0.25, 0.3) is 0 Å². The number of hydrogen-bond donors (Lipinski definition) is 0. The molecule has 6 aromatic carbocycles. The normalized spacial score (nSPS) is 10.4. The predicted octanol–water partition coefficient (Wildman–Crippen LogP) is 6.32. The van der Waals surface area contributed by atoms with Gasteiger partial charge in [-0.25, -0.2) is 12.1 Å². The van der Waals surface area contributed by atoms with Crippen molar-refractivity contribution in [1.82, 2.24) is 0 Å². The zero-order chi connectivity index (χ0) is 24.4. The molecule has 0 aromatic heterocycles. The third-order valence-electron chi connectivity index (χ3n) is 5.87. The van der Waals surface area contributed by atoms with Crippen LogP contribution in [0.3, 0.4) is 0 Å². The smallest absolute Gasteiger partial charge is 0 e. The van der Waals surface area contributed by atoms with Crippen LogP contribution in [0.15, 0.2) is 170 Å². The van der Waals surface area contributed by atoms with E-state index < -0.39 is 15.8 Å². The van der Waals surface area contributed by atoms with Crippen molar-refractivity contribution in [3.05, 3.63) is 170 Å². The Morgan fingerprint density at radius 2 is 0.757 bits per heavy atom. The summed E-state index contributed by atoms with van der Waals surface area (Å²) >= 11 is 0. The fourth-order valence-corrected chi connectivity index (χ4v) is 9.53. The zero-order valence-corrected chi connectivity index (χ0v) is 23.2. The molecule has 0 fully saturated rings. The standard InChI is InChI=1S/C29H23P2.C5H5.Co/c1-5-14-24(15-6-1)30(25-16-7-2-8-17-25)28-22-13-23-29(28)31(26-18-9-3-10-19-26)27-20-11-4-12-21-27;1-2-4-5-3-1;/h1-23H;1-5H;/q-1;-5;. The van der Waals surface area contributed by atoms with Gasteiger partial charge in [0.25, 0.3) is 0 Å². The van der Waals surface area contributed by atoms with Crippen LogP contribution in [0.5, 0.6) is 0 Å². The van der Waals surface area contributed by atoms with Crippen LogP contribution >= 0.6 is 15.8 Å². The van der Waals surface area contributed by atoms with E-state index >= 15 is 0 Å². The minimum Gasteiger partial charge on any atom is -0.748 e. The third kappa shape index (κ3) is 6.83. The molecule has 0 saturated carbocycles. The summed E-state index contributed by atoms with van der Waals surface area (Å²) in [7, 11) is -1.25. The maximum absolute atomic E-state index is 2.35. The molecule has 0 spiro atoms. The van der Waals surface area contributed by atoms with E-state index in [-0.39, 0.29) is 16.8 Å². The molecule has 37 heavy (non-hydrogen) atoms. The molecule has 6 aromatic rings. The van der Waals surface area contributed by atoms with Gasteiger partial charge in [0.05, 0.1) is 0 Å². The average Bonchev–Trinajstić information content (AvgIpc) is 3.68. The Kier molecular flexibility index (Phi) is 10.2. The molecule has 0 nitrogen and oxygen atoms in total. The molecule has 189 valence electrons. The maximum Gasteiger partial charge on any atom is 0 e. The van der Waals surface area contributed by atoms with Crippen molar-refractivity contribution in [1.29, 1.82) is 0 Å². The van der Waals surface area contributed by atoms with Crippen LogP contribution in [0.4, 0.5) is 0 Å². The maximum atomic E-state index is 2.35. The number of hydrogen-bond acceptors (Lipinski definition) is 0. The van der Waals surface area contributed by atoms with Crippen LogP contribution in [-0.2, 0) is 16.8 Å². The summed E-state index contributed by atoms with van der Waals surface area (Å²) in [6, 6.07) is 60.9. The largest absolute Gasteiger partial charge is 0.748 e. The van der Waals surface area contributed by atoms with E-state index in [0.29, 0.717) is 0 Å². The zero-order valence-electron chi connectivity index (χ0n) is 20.4. The topological polar surface area (TPSA) is 0 Å². The summed E-state index contributed by atoms with van der Waals surface area (Å²) in [5.74, 6) is 0. The molecular formula is C34H28CoP2-6. The Morgan fingerprint density at radius 3 is 1.14 bits per heavy atom. The van der Waals surface area contributed by atoms with E-state index in [4.69, 9.17) is 0 Å². The summed E-state index contributed by atoms with van der Waals surface area (Å²) < 4.78 is 0. The second-order valence-corrected chi connectivity index (χ2v) is 12.6. The van der Waals surface area contributed by atoms with Crippen molar-refractivity contribution < 1.29 is 16.8 Å². The second kappa shape index (κ2) is 14.0. The van der Waals surface area contributed by atoms with Gasteiger partial charge < -0.3 is 30.3 Å². The van der Waals surface area contributed by atoms with Gasteiger partial charge in [-0.15, -0.1) is 10.6 Å². The first kappa shape index (κ1) is 27.0. The molecule has 0 unspecified atom stereocenters. The fourth-order valence-electron chi connectivity index (χ4n) is 4.26. The minimum atomic E-state index is -0.627. The first-order valence-electron chi connectivity index (χ1n) is 12.1. The van der Waals surface area contributed by atoms with Crippen molar-refractivity contribution in [3.8, 4) is 0 Å². The first-order valence-corrected chi connectivity index (χ1v) is 14.8. The Balaban J connectivity index is 0.000000479. The predicted molar refractivity (Wildman–Crippen MR) is 161 cm³/mol. The van der Waals surface area contributed by atoms with Gasteiger partial charge in [0.15, 0.2) is 0 Å². The Hall–Kier alpha value is -3.05. The number of rotatable bonds is 6. The van der Waals surface area contributed by atoms with Gasteiger partial charge in [-0.1, -0.05) is 129 Å². The Labute approximate surface area is 233 Å². The van der Waals surface area contributed by atoms with E-state index in [1.54, 1.807) is 0 Å². The van der Waals surface area contributed by atoms with E-state index in [2.05, 4.69) is 140 Å². The summed E-state index contributed by atoms with van der Waals surface area (Å²) in [4.78, 5) is 0. The molecule has 0 saturated heterocycles. The Bertz CT molecular complexity index is 1220. The molecule has 0 amide bonds. The molecular weight excluding hydrogens is 529 g/mol. The molecule has 0 bridgehead atoms. The molecule has 6 rings (SSSR count). The van der Waals surface area contributed by atoms with Crippen molar-refractivity contribution >= 4 is 47.7 Å². The van der Waals surface area contributed by atoms with Gasteiger partial charge in [-0.05, 0) is 29.1 Å². The van der Waals surface area contributed by atoms with Crippen LogP contribution in [0.2, 0.25) is 0 Å². The number of benzene rings is 4. The van der Waals surface area contributed by atoms with Gasteiger partial charge in [0.2, 0.25) is 0 Å².